The molecule has 1 aromatic heterocycles. The molecule has 1 aromatic rings. The van der Waals surface area contributed by atoms with Crippen molar-refractivity contribution in [2.24, 2.45) is 11.7 Å². The summed E-state index contributed by atoms with van der Waals surface area (Å²) in [7, 11) is 0. The van der Waals surface area contributed by atoms with Crippen LogP contribution in [0.3, 0.4) is 0 Å². The van der Waals surface area contributed by atoms with E-state index in [1.165, 1.54) is 16.7 Å². The van der Waals surface area contributed by atoms with Crippen LogP contribution in [0.2, 0.25) is 0 Å². The molecule has 0 radical (unpaired) electrons. The Kier molecular flexibility index (Phi) is 6.51. The highest BCUT2D eigenvalue weighted by Gasteiger charge is 2.28. The van der Waals surface area contributed by atoms with Gasteiger partial charge in [0.2, 0.25) is 0 Å². The summed E-state index contributed by atoms with van der Waals surface area (Å²) in [5, 5.41) is 6.88. The molecule has 0 saturated carbocycles. The molecule has 0 unspecified atom stereocenters. The second-order valence-corrected chi connectivity index (χ2v) is 5.49. The number of ether oxygens (including phenoxy) is 1. The topological polar surface area (TPSA) is 123 Å². The number of carbonyl (C=O) groups is 3. The first kappa shape index (κ1) is 17.6. The average Bonchev–Trinajstić information content (AvgIpc) is 2.89. The number of primary amides is 1. The Morgan fingerprint density at radius 1 is 1.50 bits per heavy atom. The van der Waals surface area contributed by atoms with E-state index in [4.69, 9.17) is 10.5 Å². The van der Waals surface area contributed by atoms with Crippen molar-refractivity contribution in [1.82, 2.24) is 10.3 Å². The summed E-state index contributed by atoms with van der Waals surface area (Å²) >= 11 is 1.23. The molecule has 0 aliphatic carbocycles. The Bertz CT molecular complexity index is 570. The van der Waals surface area contributed by atoms with E-state index in [0.29, 0.717) is 11.7 Å². The van der Waals surface area contributed by atoms with Gasteiger partial charge < -0.3 is 15.8 Å². The number of hydrogen-bond donors (Lipinski definition) is 3. The lowest BCUT2D eigenvalue weighted by molar-refractivity contribution is -0.130. The fourth-order valence-corrected chi connectivity index (χ4v) is 2.16. The number of thiazole rings is 1. The number of hydrogen-bond acceptors (Lipinski definition) is 7. The van der Waals surface area contributed by atoms with Crippen LogP contribution in [0.15, 0.2) is 18.0 Å². The van der Waals surface area contributed by atoms with Crippen molar-refractivity contribution in [3.8, 4) is 0 Å². The molecule has 8 nitrogen and oxygen atoms in total. The van der Waals surface area contributed by atoms with Crippen LogP contribution < -0.4 is 16.4 Å². The minimum atomic E-state index is -1.13. The molecule has 0 aromatic carbocycles. The van der Waals surface area contributed by atoms with E-state index in [2.05, 4.69) is 16.9 Å². The van der Waals surface area contributed by atoms with Gasteiger partial charge in [-0.15, -0.1) is 17.9 Å². The van der Waals surface area contributed by atoms with Crippen molar-refractivity contribution < 1.29 is 19.1 Å². The maximum Gasteiger partial charge on any atom is 0.358 e. The molecule has 120 valence electrons. The molecule has 0 fully saturated rings. The third kappa shape index (κ3) is 5.17. The first-order chi connectivity index (χ1) is 10.3. The highest BCUT2D eigenvalue weighted by Crippen LogP contribution is 2.17. The SMILES string of the molecule is C=CCNc1nc(C(=O)O[C@H](C(=O)NC(N)=O)C(C)C)cs1. The summed E-state index contributed by atoms with van der Waals surface area (Å²) in [5.41, 5.74) is 4.96. The summed E-state index contributed by atoms with van der Waals surface area (Å²) in [6.45, 7) is 7.43. The molecule has 22 heavy (non-hydrogen) atoms. The zero-order valence-corrected chi connectivity index (χ0v) is 13.1. The lowest BCUT2D eigenvalue weighted by atomic mass is 10.1. The Balaban J connectivity index is 2.74. The van der Waals surface area contributed by atoms with Gasteiger partial charge in [-0.2, -0.15) is 0 Å². The van der Waals surface area contributed by atoms with Crippen molar-refractivity contribution in [2.75, 3.05) is 11.9 Å². The molecule has 1 heterocycles. The predicted molar refractivity (Wildman–Crippen MR) is 82.6 cm³/mol. The molecule has 9 heteroatoms. The molecule has 4 N–H and O–H groups in total. The number of rotatable bonds is 7. The first-order valence-corrected chi connectivity index (χ1v) is 7.34. The molecular formula is C13H18N4O4S. The second kappa shape index (κ2) is 8.13. The van der Waals surface area contributed by atoms with Crippen molar-refractivity contribution in [3.63, 3.8) is 0 Å². The minimum absolute atomic E-state index is 0.0779. The Labute approximate surface area is 131 Å². The number of esters is 1. The number of nitrogens with two attached hydrogens (primary N) is 1. The first-order valence-electron chi connectivity index (χ1n) is 6.46. The summed E-state index contributed by atoms with van der Waals surface area (Å²) in [4.78, 5) is 38.6. The van der Waals surface area contributed by atoms with Gasteiger partial charge in [0.05, 0.1) is 0 Å². The number of amides is 3. The van der Waals surface area contributed by atoms with Crippen LogP contribution in [0.5, 0.6) is 0 Å². The fourth-order valence-electron chi connectivity index (χ4n) is 1.47. The van der Waals surface area contributed by atoms with Gasteiger partial charge in [0.25, 0.3) is 5.91 Å². The van der Waals surface area contributed by atoms with Crippen molar-refractivity contribution in [3.05, 3.63) is 23.7 Å². The zero-order valence-electron chi connectivity index (χ0n) is 12.3. The van der Waals surface area contributed by atoms with Crippen molar-refractivity contribution in [2.45, 2.75) is 20.0 Å². The highest BCUT2D eigenvalue weighted by molar-refractivity contribution is 7.13. The highest BCUT2D eigenvalue weighted by atomic mass is 32.1. The molecule has 1 rings (SSSR count). The quantitative estimate of drug-likeness (QED) is 0.509. The van der Waals surface area contributed by atoms with E-state index < -0.39 is 24.0 Å². The fraction of sp³-hybridized carbons (Fsp3) is 0.385. The van der Waals surface area contributed by atoms with E-state index in [-0.39, 0.29) is 11.6 Å². The molecule has 1 atom stereocenters. The maximum atomic E-state index is 12.0. The monoisotopic (exact) mass is 326 g/mol. The molecule has 0 saturated heterocycles. The number of nitrogens with one attached hydrogen (secondary N) is 2. The number of carbonyl (C=O) groups excluding carboxylic acids is 3. The number of anilines is 1. The van der Waals surface area contributed by atoms with E-state index in [9.17, 15) is 14.4 Å². The predicted octanol–water partition coefficient (Wildman–Crippen LogP) is 1.12. The standard InChI is InChI=1S/C13H18N4O4S/c1-4-5-15-13-16-8(6-22-13)11(19)21-9(7(2)3)10(18)17-12(14)20/h4,6-7,9H,1,5H2,2-3H3,(H,15,16)(H3,14,17,18,20)/t9-/m0/s1. The van der Waals surface area contributed by atoms with Crippen LogP contribution in [0.4, 0.5) is 9.93 Å². The van der Waals surface area contributed by atoms with Crippen LogP contribution in [-0.4, -0.2) is 35.5 Å². The van der Waals surface area contributed by atoms with Gasteiger partial charge in [-0.1, -0.05) is 19.9 Å². The lowest BCUT2D eigenvalue weighted by Crippen LogP contribution is -2.45. The Morgan fingerprint density at radius 2 is 2.18 bits per heavy atom. The lowest BCUT2D eigenvalue weighted by Gasteiger charge is -2.19. The molecule has 0 aliphatic heterocycles. The van der Waals surface area contributed by atoms with Crippen LogP contribution in [0, 0.1) is 5.92 Å². The summed E-state index contributed by atoms with van der Waals surface area (Å²) in [6, 6.07) is -1.00. The summed E-state index contributed by atoms with van der Waals surface area (Å²) in [6.07, 6.45) is 0.522. The van der Waals surface area contributed by atoms with E-state index in [0.717, 1.165) is 0 Å². The van der Waals surface area contributed by atoms with E-state index >= 15 is 0 Å². The number of urea groups is 1. The average molecular weight is 326 g/mol. The van der Waals surface area contributed by atoms with Crippen LogP contribution in [0.1, 0.15) is 24.3 Å². The van der Waals surface area contributed by atoms with Crippen LogP contribution in [-0.2, 0) is 9.53 Å². The molecule has 0 spiro atoms. The van der Waals surface area contributed by atoms with Gasteiger partial charge in [0.15, 0.2) is 16.9 Å². The molecule has 0 aliphatic rings. The largest absolute Gasteiger partial charge is 0.447 e. The van der Waals surface area contributed by atoms with Crippen molar-refractivity contribution in [1.29, 1.82) is 0 Å². The summed E-state index contributed by atoms with van der Waals surface area (Å²) < 4.78 is 5.12. The second-order valence-electron chi connectivity index (χ2n) is 4.63. The minimum Gasteiger partial charge on any atom is -0.447 e. The van der Waals surface area contributed by atoms with Gasteiger partial charge in [-0.3, -0.25) is 10.1 Å². The molecule has 0 bridgehead atoms. The van der Waals surface area contributed by atoms with Gasteiger partial charge in [0, 0.05) is 11.9 Å². The number of aromatic nitrogens is 1. The normalized spacial score (nSPS) is 11.6. The number of imide groups is 1. The van der Waals surface area contributed by atoms with Gasteiger partial charge in [-0.25, -0.2) is 14.6 Å². The molecular weight excluding hydrogens is 308 g/mol. The third-order valence-electron chi connectivity index (χ3n) is 2.46. The smallest absolute Gasteiger partial charge is 0.358 e. The Hall–Kier alpha value is -2.42. The zero-order chi connectivity index (χ0) is 16.7. The van der Waals surface area contributed by atoms with Crippen molar-refractivity contribution >= 4 is 34.4 Å². The molecule has 3 amide bonds. The van der Waals surface area contributed by atoms with Crippen LogP contribution in [0.25, 0.3) is 0 Å². The van der Waals surface area contributed by atoms with Gasteiger partial charge in [-0.05, 0) is 5.92 Å². The maximum absolute atomic E-state index is 12.0. The summed E-state index contributed by atoms with van der Waals surface area (Å²) in [5.74, 6) is -1.85. The van der Waals surface area contributed by atoms with Gasteiger partial charge >= 0.3 is 12.0 Å². The third-order valence-corrected chi connectivity index (χ3v) is 3.26. The Morgan fingerprint density at radius 3 is 2.73 bits per heavy atom. The van der Waals surface area contributed by atoms with E-state index in [1.54, 1.807) is 19.9 Å². The van der Waals surface area contributed by atoms with Crippen LogP contribution >= 0.6 is 11.3 Å². The van der Waals surface area contributed by atoms with Gasteiger partial charge in [0.1, 0.15) is 0 Å². The number of nitrogens with zero attached hydrogens (tertiary/aromatic N) is 1. The van der Waals surface area contributed by atoms with E-state index in [1.807, 2.05) is 5.32 Å².